The van der Waals surface area contributed by atoms with Crippen LogP contribution in [-0.2, 0) is 0 Å². The molecule has 0 saturated heterocycles. The maximum absolute atomic E-state index is 5.90. The van der Waals surface area contributed by atoms with Gasteiger partial charge in [0, 0.05) is 0 Å². The van der Waals surface area contributed by atoms with Gasteiger partial charge in [0.2, 0.25) is 0 Å². The van der Waals surface area contributed by atoms with Gasteiger partial charge in [-0.25, -0.2) is 0 Å². The highest BCUT2D eigenvalue weighted by atomic mass is 35.7. The fraction of sp³-hybridized carbons (Fsp3) is 0.333. The lowest BCUT2D eigenvalue weighted by Crippen LogP contribution is -2.15. The van der Waals surface area contributed by atoms with Gasteiger partial charge in [0.05, 0.1) is 0 Å². The van der Waals surface area contributed by atoms with E-state index in [9.17, 15) is 0 Å². The van der Waals surface area contributed by atoms with E-state index in [2.05, 4.69) is 19.7 Å². The molecule has 0 aromatic heterocycles. The van der Waals surface area contributed by atoms with Gasteiger partial charge in [-0.3, -0.25) is 0 Å². The highest BCUT2D eigenvalue weighted by Gasteiger charge is 2.23. The maximum atomic E-state index is 5.90. The molecule has 0 aliphatic rings. The SMILES string of the molecule is C=CC[SiH2]Cl.C=CC[Si](Cl)(Cl)CC=C. The summed E-state index contributed by atoms with van der Waals surface area (Å²) in [5, 5.41) is 0. The van der Waals surface area contributed by atoms with Crippen molar-refractivity contribution in [1.29, 1.82) is 0 Å². The Morgan fingerprint density at radius 1 is 1.00 bits per heavy atom. The van der Waals surface area contributed by atoms with E-state index in [1.807, 2.05) is 6.08 Å². The van der Waals surface area contributed by atoms with Crippen LogP contribution in [0.15, 0.2) is 38.0 Å². The molecule has 82 valence electrons. The predicted octanol–water partition coefficient (Wildman–Crippen LogP) is 4.19. The number of allylic oxidation sites excluding steroid dienone is 3. The number of rotatable bonds is 6. The largest absolute Gasteiger partial charge is 0.258 e. The van der Waals surface area contributed by atoms with Crippen LogP contribution in [0.3, 0.4) is 0 Å². The number of hydrogen-bond acceptors (Lipinski definition) is 0. The molecule has 14 heavy (non-hydrogen) atoms. The summed E-state index contributed by atoms with van der Waals surface area (Å²) in [6.45, 7) is 8.63. The van der Waals surface area contributed by atoms with Gasteiger partial charge in [-0.2, -0.15) is 11.1 Å². The van der Waals surface area contributed by atoms with E-state index >= 15 is 0 Å². The normalized spacial score (nSPS) is 10.5. The Hall–Kier alpha value is 0.524. The van der Waals surface area contributed by atoms with E-state index in [0.717, 1.165) is 18.1 Å². The van der Waals surface area contributed by atoms with E-state index in [0.29, 0.717) is 0 Å². The molecular weight excluding hydrogens is 271 g/mol. The quantitative estimate of drug-likeness (QED) is 0.390. The molecule has 0 heterocycles. The Kier molecular flexibility index (Phi) is 14.0. The van der Waals surface area contributed by atoms with Gasteiger partial charge >= 0.3 is 0 Å². The third-order valence-electron chi connectivity index (χ3n) is 1.20. The van der Waals surface area contributed by atoms with Crippen molar-refractivity contribution in [1.82, 2.24) is 0 Å². The molecule has 0 atom stereocenters. The lowest BCUT2D eigenvalue weighted by atomic mass is 10.7. The first-order chi connectivity index (χ1) is 6.54. The smallest absolute Gasteiger partial charge is 0.176 e. The van der Waals surface area contributed by atoms with Crippen molar-refractivity contribution in [2.75, 3.05) is 0 Å². The summed E-state index contributed by atoms with van der Waals surface area (Å²) in [5.74, 6) is 0. The van der Waals surface area contributed by atoms with Crippen LogP contribution in [0.5, 0.6) is 0 Å². The number of hydrogen-bond donors (Lipinski definition) is 0. The molecule has 0 aliphatic heterocycles. The lowest BCUT2D eigenvalue weighted by molar-refractivity contribution is 1.57. The molecule has 0 amide bonds. The first-order valence-corrected chi connectivity index (χ1v) is 11.9. The summed E-state index contributed by atoms with van der Waals surface area (Å²) in [6.07, 6.45) is 5.38. The second-order valence-corrected chi connectivity index (χ2v) is 12.1. The van der Waals surface area contributed by atoms with E-state index < -0.39 is 6.69 Å². The van der Waals surface area contributed by atoms with Crippen LogP contribution in [0.1, 0.15) is 0 Å². The van der Waals surface area contributed by atoms with Crippen LogP contribution in [0.4, 0.5) is 0 Å². The summed E-state index contributed by atoms with van der Waals surface area (Å²) < 4.78 is 0. The monoisotopic (exact) mass is 286 g/mol. The predicted molar refractivity (Wildman–Crippen MR) is 76.9 cm³/mol. The van der Waals surface area contributed by atoms with Gasteiger partial charge in [-0.1, -0.05) is 18.2 Å². The average molecular weight is 288 g/mol. The van der Waals surface area contributed by atoms with E-state index in [4.69, 9.17) is 33.2 Å². The third kappa shape index (κ3) is 15.0. The van der Waals surface area contributed by atoms with Gasteiger partial charge in [0.15, 0.2) is 0 Å². The molecule has 0 spiro atoms. The second-order valence-electron chi connectivity index (χ2n) is 2.61. The fourth-order valence-corrected chi connectivity index (χ4v) is 3.52. The molecule has 0 aromatic carbocycles. The summed E-state index contributed by atoms with van der Waals surface area (Å²) in [6, 6.07) is 2.53. The molecule has 0 aromatic rings. The minimum Gasteiger partial charge on any atom is -0.176 e. The van der Waals surface area contributed by atoms with Crippen LogP contribution in [0.25, 0.3) is 0 Å². The van der Waals surface area contributed by atoms with Gasteiger partial charge in [-0.15, -0.1) is 41.9 Å². The van der Waals surface area contributed by atoms with E-state index in [-0.39, 0.29) is 8.83 Å². The molecule has 0 saturated carbocycles. The highest BCUT2D eigenvalue weighted by molar-refractivity contribution is 7.45. The third-order valence-corrected chi connectivity index (χ3v) is 6.10. The molecule has 5 heteroatoms. The van der Waals surface area contributed by atoms with E-state index in [1.54, 1.807) is 12.2 Å². The Balaban J connectivity index is 0. The Labute approximate surface area is 105 Å². The molecule has 0 rings (SSSR count). The van der Waals surface area contributed by atoms with E-state index in [1.165, 1.54) is 0 Å². The zero-order chi connectivity index (χ0) is 11.4. The highest BCUT2D eigenvalue weighted by Crippen LogP contribution is 2.25. The summed E-state index contributed by atoms with van der Waals surface area (Å²) in [7, 11) is -0.232. The minimum absolute atomic E-state index is 0.232. The Bertz CT molecular complexity index is 157. The molecule has 0 radical (unpaired) electrons. The van der Waals surface area contributed by atoms with Crippen molar-refractivity contribution in [2.24, 2.45) is 0 Å². The average Bonchev–Trinajstić information content (AvgIpc) is 2.06. The van der Waals surface area contributed by atoms with Crippen LogP contribution in [0, 0.1) is 0 Å². The molecule has 0 aliphatic carbocycles. The van der Waals surface area contributed by atoms with Crippen molar-refractivity contribution >= 4 is 48.8 Å². The molecule has 0 fully saturated rings. The Morgan fingerprint density at radius 2 is 1.43 bits per heavy atom. The maximum Gasteiger partial charge on any atom is 0.258 e. The van der Waals surface area contributed by atoms with Gasteiger partial charge in [-0.05, 0) is 18.1 Å². The number of halogens is 3. The van der Waals surface area contributed by atoms with Gasteiger partial charge < -0.3 is 0 Å². The van der Waals surface area contributed by atoms with Crippen molar-refractivity contribution < 1.29 is 0 Å². The van der Waals surface area contributed by atoms with Crippen LogP contribution >= 0.6 is 33.2 Å². The zero-order valence-electron chi connectivity index (χ0n) is 8.32. The first kappa shape index (κ1) is 16.9. The summed E-state index contributed by atoms with van der Waals surface area (Å²) in [4.78, 5) is 0. The first-order valence-electron chi connectivity index (χ1n) is 4.30. The van der Waals surface area contributed by atoms with Crippen LogP contribution < -0.4 is 0 Å². The zero-order valence-corrected chi connectivity index (χ0v) is 13.0. The fourth-order valence-electron chi connectivity index (χ4n) is 0.583. The molecule has 0 unspecified atom stereocenters. The van der Waals surface area contributed by atoms with Gasteiger partial charge in [0.1, 0.15) is 8.83 Å². The summed E-state index contributed by atoms with van der Waals surface area (Å²) in [5.41, 5.74) is 0. The molecule has 0 N–H and O–H groups in total. The minimum atomic E-state index is -1.99. The topological polar surface area (TPSA) is 0 Å². The van der Waals surface area contributed by atoms with Crippen molar-refractivity contribution in [3.8, 4) is 0 Å². The van der Waals surface area contributed by atoms with Gasteiger partial charge in [0.25, 0.3) is 6.69 Å². The van der Waals surface area contributed by atoms with Crippen molar-refractivity contribution in [3.63, 3.8) is 0 Å². The van der Waals surface area contributed by atoms with Crippen molar-refractivity contribution in [2.45, 2.75) is 18.1 Å². The molecule has 0 nitrogen and oxygen atoms in total. The van der Waals surface area contributed by atoms with Crippen LogP contribution in [-0.4, -0.2) is 15.5 Å². The van der Waals surface area contributed by atoms with Crippen molar-refractivity contribution in [3.05, 3.63) is 38.0 Å². The molecule has 0 bridgehead atoms. The Morgan fingerprint density at radius 3 is 1.57 bits per heavy atom. The second kappa shape index (κ2) is 11.6. The van der Waals surface area contributed by atoms with Crippen LogP contribution in [0.2, 0.25) is 18.1 Å². The summed E-state index contributed by atoms with van der Waals surface area (Å²) >= 11 is 17.2. The standard InChI is InChI=1S/C6H10Cl2Si.C3H7ClSi/c1-3-5-9(7,8)6-4-2;1-2-3-5-4/h3-4H,1-2,5-6H2;2H,1,3,5H2. The lowest BCUT2D eigenvalue weighted by Gasteiger charge is -2.09. The molecular formula is C9H17Cl3Si2.